The summed E-state index contributed by atoms with van der Waals surface area (Å²) in [5, 5.41) is 6.00. The van der Waals surface area contributed by atoms with E-state index in [1.165, 1.54) is 0 Å². The largest absolute Gasteiger partial charge is 0.327 e. The minimum absolute atomic E-state index is 0.203. The Hall–Kier alpha value is -2.72. The summed E-state index contributed by atoms with van der Waals surface area (Å²) in [7, 11) is 0. The third-order valence-electron chi connectivity index (χ3n) is 3.87. The third kappa shape index (κ3) is 4.64. The number of anilines is 1. The Balaban J connectivity index is 1.79. The van der Waals surface area contributed by atoms with Crippen molar-refractivity contribution in [1.82, 2.24) is 5.32 Å². The molecule has 0 aliphatic heterocycles. The van der Waals surface area contributed by atoms with Crippen LogP contribution in [0.4, 0.5) is 10.5 Å². The van der Waals surface area contributed by atoms with Crippen LogP contribution in [0.3, 0.4) is 0 Å². The molecule has 0 unspecified atom stereocenters. The summed E-state index contributed by atoms with van der Waals surface area (Å²) in [5.74, 6) is 0. The molecule has 0 atom stereocenters. The van der Waals surface area contributed by atoms with E-state index in [4.69, 9.17) is 0 Å². The van der Waals surface area contributed by atoms with Gasteiger partial charge in [0, 0.05) is 10.6 Å². The molecule has 2 N–H and O–H groups in total. The minimum atomic E-state index is -0.226. The lowest BCUT2D eigenvalue weighted by Crippen LogP contribution is -2.33. The van der Waals surface area contributed by atoms with E-state index in [0.29, 0.717) is 0 Å². The second kappa shape index (κ2) is 8.40. The highest BCUT2D eigenvalue weighted by atomic mass is 32.2. The Morgan fingerprint density at radius 1 is 0.840 bits per heavy atom. The van der Waals surface area contributed by atoms with Crippen LogP contribution in [0, 0.1) is 0 Å². The summed E-state index contributed by atoms with van der Waals surface area (Å²) in [6.07, 6.45) is 2.01. The van der Waals surface area contributed by atoms with Crippen molar-refractivity contribution in [2.75, 3.05) is 11.6 Å². The van der Waals surface area contributed by atoms with Crippen LogP contribution in [0.25, 0.3) is 0 Å². The molecule has 0 heterocycles. The maximum absolute atomic E-state index is 12.5. The molecule has 0 radical (unpaired) electrons. The van der Waals surface area contributed by atoms with Gasteiger partial charge in [0.1, 0.15) is 0 Å². The predicted molar refractivity (Wildman–Crippen MR) is 105 cm³/mol. The van der Waals surface area contributed by atoms with Crippen molar-refractivity contribution in [2.24, 2.45) is 0 Å². The minimum Gasteiger partial charge on any atom is -0.327 e. The van der Waals surface area contributed by atoms with E-state index in [1.807, 2.05) is 91.2 Å². The van der Waals surface area contributed by atoms with E-state index >= 15 is 0 Å². The fourth-order valence-corrected chi connectivity index (χ4v) is 3.11. The average molecular weight is 348 g/mol. The number of hydrogen-bond donors (Lipinski definition) is 2. The Kier molecular flexibility index (Phi) is 5.75. The van der Waals surface area contributed by atoms with E-state index in [1.54, 1.807) is 11.8 Å². The van der Waals surface area contributed by atoms with Gasteiger partial charge in [0.05, 0.1) is 6.04 Å². The van der Waals surface area contributed by atoms with Crippen LogP contribution in [0.15, 0.2) is 89.8 Å². The molecule has 4 heteroatoms. The van der Waals surface area contributed by atoms with Crippen molar-refractivity contribution in [3.63, 3.8) is 0 Å². The maximum Gasteiger partial charge on any atom is 0.319 e. The zero-order valence-corrected chi connectivity index (χ0v) is 14.8. The summed E-state index contributed by atoms with van der Waals surface area (Å²) in [6, 6.07) is 27.3. The van der Waals surface area contributed by atoms with Gasteiger partial charge in [-0.05, 0) is 35.6 Å². The van der Waals surface area contributed by atoms with E-state index in [-0.39, 0.29) is 12.1 Å². The van der Waals surface area contributed by atoms with E-state index in [9.17, 15) is 4.79 Å². The Morgan fingerprint density at radius 3 is 2.00 bits per heavy atom. The Morgan fingerprint density at radius 2 is 1.44 bits per heavy atom. The second-order valence-electron chi connectivity index (χ2n) is 5.58. The average Bonchev–Trinajstić information content (AvgIpc) is 2.67. The maximum atomic E-state index is 12.5. The number of amides is 2. The van der Waals surface area contributed by atoms with Crippen molar-refractivity contribution >= 4 is 23.5 Å². The molecule has 126 valence electrons. The predicted octanol–water partition coefficient (Wildman–Crippen LogP) is 5.32. The molecule has 0 saturated carbocycles. The molecule has 25 heavy (non-hydrogen) atoms. The molecule has 0 aliphatic carbocycles. The van der Waals surface area contributed by atoms with Crippen LogP contribution in [-0.4, -0.2) is 12.3 Å². The van der Waals surface area contributed by atoms with Crippen LogP contribution in [-0.2, 0) is 0 Å². The fourth-order valence-electron chi connectivity index (χ4n) is 2.65. The van der Waals surface area contributed by atoms with Gasteiger partial charge in [0.25, 0.3) is 0 Å². The molecule has 0 aromatic heterocycles. The number of carbonyl (C=O) groups is 1. The second-order valence-corrected chi connectivity index (χ2v) is 6.46. The van der Waals surface area contributed by atoms with Crippen molar-refractivity contribution < 1.29 is 4.79 Å². The number of benzene rings is 3. The highest BCUT2D eigenvalue weighted by molar-refractivity contribution is 7.98. The molecule has 3 aromatic carbocycles. The summed E-state index contributed by atoms with van der Waals surface area (Å²) < 4.78 is 0. The summed E-state index contributed by atoms with van der Waals surface area (Å²) in [6.45, 7) is 0. The smallest absolute Gasteiger partial charge is 0.319 e. The molecule has 3 nitrogen and oxygen atoms in total. The SMILES string of the molecule is CSc1cccc(NC(=O)NC(c2ccccc2)c2ccccc2)c1. The zero-order valence-electron chi connectivity index (χ0n) is 14.0. The molecule has 2 amide bonds. The summed E-state index contributed by atoms with van der Waals surface area (Å²) in [5.41, 5.74) is 2.87. The molecule has 3 rings (SSSR count). The standard InChI is InChI=1S/C21H20N2OS/c1-25-19-14-8-13-18(15-19)22-21(24)23-20(16-9-4-2-5-10-16)17-11-6-3-7-12-17/h2-15,20H,1H3,(H2,22,23,24). The number of thioether (sulfide) groups is 1. The molecular weight excluding hydrogens is 328 g/mol. The van der Waals surface area contributed by atoms with E-state index < -0.39 is 0 Å². The number of hydrogen-bond acceptors (Lipinski definition) is 2. The molecule has 0 fully saturated rings. The molecule has 0 bridgehead atoms. The monoisotopic (exact) mass is 348 g/mol. The summed E-state index contributed by atoms with van der Waals surface area (Å²) >= 11 is 1.65. The quantitative estimate of drug-likeness (QED) is 0.613. The van der Waals surface area contributed by atoms with Crippen LogP contribution in [0.2, 0.25) is 0 Å². The molecule has 0 spiro atoms. The lowest BCUT2D eigenvalue weighted by molar-refractivity contribution is 0.250. The number of nitrogens with one attached hydrogen (secondary N) is 2. The van der Waals surface area contributed by atoms with Crippen LogP contribution >= 0.6 is 11.8 Å². The number of rotatable bonds is 5. The van der Waals surface area contributed by atoms with Gasteiger partial charge in [0.15, 0.2) is 0 Å². The lowest BCUT2D eigenvalue weighted by atomic mass is 9.99. The van der Waals surface area contributed by atoms with Crippen molar-refractivity contribution in [2.45, 2.75) is 10.9 Å². The van der Waals surface area contributed by atoms with Gasteiger partial charge < -0.3 is 10.6 Å². The van der Waals surface area contributed by atoms with Gasteiger partial charge in [-0.3, -0.25) is 0 Å². The Labute approximate surface area is 152 Å². The topological polar surface area (TPSA) is 41.1 Å². The van der Waals surface area contributed by atoms with Crippen LogP contribution < -0.4 is 10.6 Å². The number of carbonyl (C=O) groups excluding carboxylic acids is 1. The molecule has 3 aromatic rings. The van der Waals surface area contributed by atoms with Crippen LogP contribution in [0.1, 0.15) is 17.2 Å². The highest BCUT2D eigenvalue weighted by Gasteiger charge is 2.16. The zero-order chi connectivity index (χ0) is 17.5. The molecule has 0 saturated heterocycles. The normalized spacial score (nSPS) is 10.5. The molecule has 0 aliphatic rings. The Bertz CT molecular complexity index is 782. The van der Waals surface area contributed by atoms with Gasteiger partial charge >= 0.3 is 6.03 Å². The van der Waals surface area contributed by atoms with E-state index in [2.05, 4.69) is 10.6 Å². The molecular formula is C21H20N2OS. The van der Waals surface area contributed by atoms with Gasteiger partial charge in [-0.1, -0.05) is 66.7 Å². The first-order valence-electron chi connectivity index (χ1n) is 8.08. The van der Waals surface area contributed by atoms with Gasteiger partial charge in [-0.2, -0.15) is 0 Å². The summed E-state index contributed by atoms with van der Waals surface area (Å²) in [4.78, 5) is 13.7. The fraction of sp³-hybridized carbons (Fsp3) is 0.0952. The third-order valence-corrected chi connectivity index (χ3v) is 4.59. The first-order chi connectivity index (χ1) is 12.3. The van der Waals surface area contributed by atoms with Gasteiger partial charge in [-0.25, -0.2) is 4.79 Å². The van der Waals surface area contributed by atoms with Crippen molar-refractivity contribution in [1.29, 1.82) is 0 Å². The first kappa shape index (κ1) is 17.1. The van der Waals surface area contributed by atoms with Crippen LogP contribution in [0.5, 0.6) is 0 Å². The number of urea groups is 1. The van der Waals surface area contributed by atoms with Gasteiger partial charge in [-0.15, -0.1) is 11.8 Å². The van der Waals surface area contributed by atoms with Crippen molar-refractivity contribution in [3.05, 3.63) is 96.1 Å². The highest BCUT2D eigenvalue weighted by Crippen LogP contribution is 2.23. The first-order valence-corrected chi connectivity index (χ1v) is 9.30. The van der Waals surface area contributed by atoms with Crippen molar-refractivity contribution in [3.8, 4) is 0 Å². The van der Waals surface area contributed by atoms with E-state index in [0.717, 1.165) is 21.7 Å². The lowest BCUT2D eigenvalue weighted by Gasteiger charge is -2.20. The van der Waals surface area contributed by atoms with Gasteiger partial charge in [0.2, 0.25) is 0 Å².